The SMILES string of the molecule is C=C(/C=C\C=C(/C)C(C)(C)C#N)C(=O)Nc1ccc(C)c(Nc2ncnc3cnc(N(C)C4CCNCC4)nc23)c1. The van der Waals surface area contributed by atoms with E-state index in [2.05, 4.69) is 48.5 Å². The predicted molar refractivity (Wildman–Crippen MR) is 164 cm³/mol. The van der Waals surface area contributed by atoms with Gasteiger partial charge in [-0.15, -0.1) is 0 Å². The van der Waals surface area contributed by atoms with Crippen molar-refractivity contribution in [3.63, 3.8) is 0 Å². The molecule has 2 aromatic heterocycles. The first-order valence-corrected chi connectivity index (χ1v) is 13.6. The number of carbonyl (C=O) groups is 1. The highest BCUT2D eigenvalue weighted by molar-refractivity contribution is 6.05. The topological polar surface area (TPSA) is 132 Å². The van der Waals surface area contributed by atoms with Gasteiger partial charge in [0, 0.05) is 30.0 Å². The number of fused-ring (bicyclic) bond motifs is 1. The zero-order valence-electron chi connectivity index (χ0n) is 24.3. The van der Waals surface area contributed by atoms with E-state index < -0.39 is 5.41 Å². The molecule has 1 aliphatic heterocycles. The number of benzene rings is 1. The maximum Gasteiger partial charge on any atom is 0.255 e. The van der Waals surface area contributed by atoms with Gasteiger partial charge in [0.2, 0.25) is 5.95 Å². The van der Waals surface area contributed by atoms with E-state index in [0.29, 0.717) is 40.1 Å². The second-order valence-corrected chi connectivity index (χ2v) is 10.8. The fourth-order valence-corrected chi connectivity index (χ4v) is 4.32. The van der Waals surface area contributed by atoms with Gasteiger partial charge in [0.25, 0.3) is 5.91 Å². The molecule has 1 saturated heterocycles. The molecule has 3 N–H and O–H groups in total. The van der Waals surface area contributed by atoms with Gasteiger partial charge in [0.15, 0.2) is 5.82 Å². The molecule has 0 saturated carbocycles. The Labute approximate surface area is 241 Å². The number of hydrogen-bond acceptors (Lipinski definition) is 9. The summed E-state index contributed by atoms with van der Waals surface area (Å²) in [6.07, 6.45) is 10.5. The number of rotatable bonds is 9. The Morgan fingerprint density at radius 1 is 1.24 bits per heavy atom. The van der Waals surface area contributed by atoms with Gasteiger partial charge in [-0.1, -0.05) is 36.4 Å². The van der Waals surface area contributed by atoms with Crippen LogP contribution in [-0.2, 0) is 4.79 Å². The Morgan fingerprint density at radius 3 is 2.73 bits per heavy atom. The van der Waals surface area contributed by atoms with Crippen LogP contribution < -0.4 is 20.9 Å². The smallest absolute Gasteiger partial charge is 0.255 e. The zero-order valence-corrected chi connectivity index (χ0v) is 24.3. The summed E-state index contributed by atoms with van der Waals surface area (Å²) in [5.74, 6) is 0.860. The van der Waals surface area contributed by atoms with Gasteiger partial charge in [-0.3, -0.25) is 4.79 Å². The normalized spacial score (nSPS) is 14.6. The monoisotopic (exact) mass is 551 g/mol. The molecule has 1 aromatic carbocycles. The molecule has 0 spiro atoms. The number of nitrogens with one attached hydrogen (secondary N) is 3. The fourth-order valence-electron chi connectivity index (χ4n) is 4.32. The molecule has 10 heteroatoms. The van der Waals surface area contributed by atoms with Gasteiger partial charge >= 0.3 is 0 Å². The Hall–Kier alpha value is -4.62. The number of allylic oxidation sites excluding steroid dienone is 3. The van der Waals surface area contributed by atoms with Crippen molar-refractivity contribution in [3.8, 4) is 6.07 Å². The maximum absolute atomic E-state index is 12.8. The minimum Gasteiger partial charge on any atom is -0.341 e. The number of anilines is 4. The summed E-state index contributed by atoms with van der Waals surface area (Å²) in [6, 6.07) is 8.23. The molecule has 0 radical (unpaired) electrons. The highest BCUT2D eigenvalue weighted by atomic mass is 16.1. The Kier molecular flexibility index (Phi) is 9.10. The van der Waals surface area contributed by atoms with Gasteiger partial charge in [0.05, 0.1) is 17.7 Å². The van der Waals surface area contributed by atoms with Crippen LogP contribution in [0.3, 0.4) is 0 Å². The number of aromatic nitrogens is 4. The lowest BCUT2D eigenvalue weighted by molar-refractivity contribution is -0.112. The summed E-state index contributed by atoms with van der Waals surface area (Å²) < 4.78 is 0. The molecule has 0 bridgehead atoms. The van der Waals surface area contributed by atoms with E-state index in [-0.39, 0.29) is 5.91 Å². The standard InChI is InChI=1S/C31H37N9O/c1-20-10-11-23(37-29(41)21(2)8-7-9-22(3)31(4,5)18-32)16-25(20)38-28-27-26(35-19-36-28)17-34-30(39-27)40(6)24-12-14-33-15-13-24/h7-11,16-17,19,24,33H,2,12-15H2,1,3-6H3,(H,37,41)(H,35,36,38)/b8-7-,22-9+. The van der Waals surface area contributed by atoms with Crippen LogP contribution >= 0.6 is 0 Å². The first kappa shape index (κ1) is 29.4. The quantitative estimate of drug-likeness (QED) is 0.242. The van der Waals surface area contributed by atoms with E-state index in [9.17, 15) is 10.1 Å². The van der Waals surface area contributed by atoms with Crippen LogP contribution in [0, 0.1) is 23.7 Å². The minimum absolute atomic E-state index is 0.294. The molecule has 3 heterocycles. The van der Waals surface area contributed by atoms with Crippen molar-refractivity contribution in [3.05, 3.63) is 72.2 Å². The second-order valence-electron chi connectivity index (χ2n) is 10.8. The summed E-state index contributed by atoms with van der Waals surface area (Å²) in [7, 11) is 2.03. The molecule has 0 aliphatic carbocycles. The number of carbonyl (C=O) groups excluding carboxylic acids is 1. The third-order valence-electron chi connectivity index (χ3n) is 7.49. The lowest BCUT2D eigenvalue weighted by Gasteiger charge is -2.31. The summed E-state index contributed by atoms with van der Waals surface area (Å²) in [5, 5.41) is 18.9. The molecule has 0 unspecified atom stereocenters. The van der Waals surface area contributed by atoms with Crippen LogP contribution in [0.4, 0.5) is 23.1 Å². The van der Waals surface area contributed by atoms with Crippen LogP contribution in [0.25, 0.3) is 11.0 Å². The molecule has 0 atom stereocenters. The third kappa shape index (κ3) is 7.13. The van der Waals surface area contributed by atoms with Crippen molar-refractivity contribution in [1.82, 2.24) is 25.3 Å². The molecule has 4 rings (SSSR count). The van der Waals surface area contributed by atoms with E-state index in [4.69, 9.17) is 4.98 Å². The largest absolute Gasteiger partial charge is 0.341 e. The minimum atomic E-state index is -0.579. The Morgan fingerprint density at radius 2 is 2.00 bits per heavy atom. The van der Waals surface area contributed by atoms with Gasteiger partial charge < -0.3 is 20.9 Å². The molecule has 212 valence electrons. The number of amides is 1. The van der Waals surface area contributed by atoms with Crippen LogP contribution in [0.1, 0.15) is 39.2 Å². The zero-order chi connectivity index (χ0) is 29.6. The van der Waals surface area contributed by atoms with Crippen LogP contribution in [-0.4, -0.2) is 52.0 Å². The number of piperidine rings is 1. The lowest BCUT2D eigenvalue weighted by Crippen LogP contribution is -2.41. The van der Waals surface area contributed by atoms with Crippen molar-refractivity contribution in [2.45, 2.75) is 46.6 Å². The number of hydrogen-bond donors (Lipinski definition) is 3. The molecule has 10 nitrogen and oxygen atoms in total. The number of nitriles is 1. The van der Waals surface area contributed by atoms with Gasteiger partial charge in [-0.25, -0.2) is 19.9 Å². The van der Waals surface area contributed by atoms with Crippen molar-refractivity contribution in [1.29, 1.82) is 5.26 Å². The first-order valence-electron chi connectivity index (χ1n) is 13.6. The molecule has 1 amide bonds. The summed E-state index contributed by atoms with van der Waals surface area (Å²) in [6.45, 7) is 13.4. The van der Waals surface area contributed by atoms with E-state index >= 15 is 0 Å². The van der Waals surface area contributed by atoms with E-state index in [1.54, 1.807) is 18.3 Å². The fraction of sp³-hybridized carbons (Fsp3) is 0.355. The average Bonchev–Trinajstić information content (AvgIpc) is 2.98. The Bertz CT molecular complexity index is 1540. The second kappa shape index (κ2) is 12.7. The van der Waals surface area contributed by atoms with Crippen LogP contribution in [0.5, 0.6) is 0 Å². The van der Waals surface area contributed by atoms with Crippen molar-refractivity contribution < 1.29 is 4.79 Å². The molecular formula is C31H37N9O. The van der Waals surface area contributed by atoms with Crippen LogP contribution in [0.15, 0.2) is 66.7 Å². The van der Waals surface area contributed by atoms with E-state index in [0.717, 1.165) is 42.8 Å². The summed E-state index contributed by atoms with van der Waals surface area (Å²) in [5.41, 5.74) is 4.21. The van der Waals surface area contributed by atoms with Crippen molar-refractivity contribution in [2.24, 2.45) is 5.41 Å². The first-order chi connectivity index (χ1) is 19.6. The molecule has 3 aromatic rings. The molecular weight excluding hydrogens is 514 g/mol. The highest BCUT2D eigenvalue weighted by Gasteiger charge is 2.21. The Balaban J connectivity index is 1.51. The van der Waals surface area contributed by atoms with Gasteiger partial charge in [0.1, 0.15) is 17.4 Å². The van der Waals surface area contributed by atoms with Crippen LogP contribution in [0.2, 0.25) is 0 Å². The maximum atomic E-state index is 12.8. The average molecular weight is 552 g/mol. The van der Waals surface area contributed by atoms with Gasteiger partial charge in [-0.05, 0) is 71.3 Å². The van der Waals surface area contributed by atoms with Gasteiger partial charge in [-0.2, -0.15) is 5.26 Å². The van der Waals surface area contributed by atoms with Crippen molar-refractivity contribution in [2.75, 3.05) is 35.7 Å². The number of nitrogens with zero attached hydrogens (tertiary/aromatic N) is 6. The molecule has 41 heavy (non-hydrogen) atoms. The molecule has 1 fully saturated rings. The molecule has 1 aliphatic rings. The highest BCUT2D eigenvalue weighted by Crippen LogP contribution is 2.28. The lowest BCUT2D eigenvalue weighted by atomic mass is 9.87. The predicted octanol–water partition coefficient (Wildman–Crippen LogP) is 5.21. The van der Waals surface area contributed by atoms with Crippen molar-refractivity contribution >= 4 is 40.1 Å². The number of aryl methyl sites for hydroxylation is 1. The summed E-state index contributed by atoms with van der Waals surface area (Å²) >= 11 is 0. The third-order valence-corrected chi connectivity index (χ3v) is 7.49. The van der Waals surface area contributed by atoms with E-state index in [1.807, 2.05) is 59.0 Å². The van der Waals surface area contributed by atoms with E-state index in [1.165, 1.54) is 6.33 Å². The summed E-state index contributed by atoms with van der Waals surface area (Å²) in [4.78, 5) is 33.1.